The quantitative estimate of drug-likeness (QED) is 0.856. The molecule has 122 valence electrons. The summed E-state index contributed by atoms with van der Waals surface area (Å²) in [6, 6.07) is 7.26. The number of hydrogen-bond donors (Lipinski definition) is 0. The average Bonchev–Trinajstić information content (AvgIpc) is 3.03. The van der Waals surface area contributed by atoms with Gasteiger partial charge < -0.3 is 14.3 Å². The highest BCUT2D eigenvalue weighted by molar-refractivity contribution is 6.33. The van der Waals surface area contributed by atoms with Gasteiger partial charge >= 0.3 is 0 Å². The Bertz CT molecular complexity index is 680. The third kappa shape index (κ3) is 3.71. The smallest absolute Gasteiger partial charge is 0.259 e. The number of rotatable bonds is 4. The summed E-state index contributed by atoms with van der Waals surface area (Å²) in [5.74, 6) is 0.768. The molecule has 1 amide bonds. The molecule has 0 saturated carbocycles. The number of piperazine rings is 1. The molecule has 23 heavy (non-hydrogen) atoms. The summed E-state index contributed by atoms with van der Waals surface area (Å²) in [6.07, 6.45) is 0.153. The minimum absolute atomic E-state index is 0.0345. The van der Waals surface area contributed by atoms with Gasteiger partial charge in [-0.05, 0) is 18.7 Å². The van der Waals surface area contributed by atoms with Gasteiger partial charge in [-0.15, -0.1) is 0 Å². The van der Waals surface area contributed by atoms with Crippen LogP contribution in [0.5, 0.6) is 0 Å². The number of carbonyl (C=O) groups excluding carboxylic acids is 1. The summed E-state index contributed by atoms with van der Waals surface area (Å²) in [7, 11) is 0. The molecule has 0 bridgehead atoms. The van der Waals surface area contributed by atoms with E-state index >= 15 is 0 Å². The minimum Gasteiger partial charge on any atom is -0.340 e. The highest BCUT2D eigenvalue weighted by Gasteiger charge is 2.22. The largest absolute Gasteiger partial charge is 0.340 e. The second-order valence-electron chi connectivity index (χ2n) is 5.49. The lowest BCUT2D eigenvalue weighted by atomic mass is 10.2. The molecular weight excluding hydrogens is 316 g/mol. The maximum atomic E-state index is 12.3. The van der Waals surface area contributed by atoms with Crippen LogP contribution in [-0.2, 0) is 11.2 Å². The Morgan fingerprint density at radius 3 is 2.70 bits per heavy atom. The van der Waals surface area contributed by atoms with E-state index in [1.807, 2.05) is 23.1 Å². The van der Waals surface area contributed by atoms with E-state index in [-0.39, 0.29) is 12.3 Å². The topological polar surface area (TPSA) is 62.5 Å². The Balaban J connectivity index is 1.63. The molecule has 1 aliphatic heterocycles. The summed E-state index contributed by atoms with van der Waals surface area (Å²) in [6.45, 7) is 6.49. The first kappa shape index (κ1) is 16.0. The van der Waals surface area contributed by atoms with Crippen LogP contribution in [0.3, 0.4) is 0 Å². The van der Waals surface area contributed by atoms with Crippen molar-refractivity contribution in [1.29, 1.82) is 0 Å². The maximum absolute atomic E-state index is 12.3. The molecule has 0 atom stereocenters. The van der Waals surface area contributed by atoms with Crippen molar-refractivity contribution in [3.8, 4) is 11.5 Å². The standard InChI is InChI=1S/C16H19ClN4O2/c1-2-20-7-9-21(10-8-20)15(22)11-14-18-16(23-19-14)12-5-3-4-6-13(12)17/h3-6H,2,7-11H2,1H3. The fourth-order valence-electron chi connectivity index (χ4n) is 2.63. The van der Waals surface area contributed by atoms with E-state index < -0.39 is 0 Å². The molecule has 7 heteroatoms. The average molecular weight is 335 g/mol. The SMILES string of the molecule is CCN1CCN(C(=O)Cc2noc(-c3ccccc3Cl)n2)CC1. The Morgan fingerprint density at radius 1 is 1.26 bits per heavy atom. The lowest BCUT2D eigenvalue weighted by Crippen LogP contribution is -2.49. The molecule has 2 aromatic rings. The van der Waals surface area contributed by atoms with E-state index in [0.717, 1.165) is 32.7 Å². The number of benzene rings is 1. The van der Waals surface area contributed by atoms with Gasteiger partial charge in [0.2, 0.25) is 5.91 Å². The van der Waals surface area contributed by atoms with Gasteiger partial charge in [-0.3, -0.25) is 4.79 Å². The Labute approximate surface area is 140 Å². The zero-order valence-electron chi connectivity index (χ0n) is 13.0. The predicted molar refractivity (Wildman–Crippen MR) is 87.1 cm³/mol. The summed E-state index contributed by atoms with van der Waals surface area (Å²) >= 11 is 6.12. The molecule has 3 rings (SSSR count). The van der Waals surface area contributed by atoms with Crippen LogP contribution in [0.1, 0.15) is 12.7 Å². The molecular formula is C16H19ClN4O2. The van der Waals surface area contributed by atoms with Gasteiger partial charge in [0, 0.05) is 26.2 Å². The molecule has 1 aromatic carbocycles. The number of hydrogen-bond acceptors (Lipinski definition) is 5. The van der Waals surface area contributed by atoms with Crippen LogP contribution in [-0.4, -0.2) is 58.6 Å². The van der Waals surface area contributed by atoms with Gasteiger partial charge in [0.15, 0.2) is 5.82 Å². The van der Waals surface area contributed by atoms with Gasteiger partial charge in [0.05, 0.1) is 17.0 Å². The van der Waals surface area contributed by atoms with Crippen molar-refractivity contribution in [2.45, 2.75) is 13.3 Å². The van der Waals surface area contributed by atoms with Crippen LogP contribution in [0.4, 0.5) is 0 Å². The second kappa shape index (κ2) is 7.10. The number of amides is 1. The molecule has 1 aromatic heterocycles. The van der Waals surface area contributed by atoms with E-state index in [2.05, 4.69) is 22.0 Å². The first-order chi connectivity index (χ1) is 11.2. The van der Waals surface area contributed by atoms with Gasteiger partial charge in [0.25, 0.3) is 5.89 Å². The maximum Gasteiger partial charge on any atom is 0.259 e. The van der Waals surface area contributed by atoms with Crippen molar-refractivity contribution < 1.29 is 9.32 Å². The van der Waals surface area contributed by atoms with Crippen molar-refractivity contribution in [1.82, 2.24) is 19.9 Å². The molecule has 0 aliphatic carbocycles. The zero-order chi connectivity index (χ0) is 16.2. The van der Waals surface area contributed by atoms with E-state index in [0.29, 0.717) is 22.3 Å². The van der Waals surface area contributed by atoms with Crippen molar-refractivity contribution >= 4 is 17.5 Å². The van der Waals surface area contributed by atoms with E-state index in [1.165, 1.54) is 0 Å². The molecule has 2 heterocycles. The lowest BCUT2D eigenvalue weighted by molar-refractivity contribution is -0.132. The van der Waals surface area contributed by atoms with Crippen molar-refractivity contribution in [2.75, 3.05) is 32.7 Å². The molecule has 0 radical (unpaired) electrons. The van der Waals surface area contributed by atoms with E-state index in [9.17, 15) is 4.79 Å². The summed E-state index contributed by atoms with van der Waals surface area (Å²) < 4.78 is 5.23. The lowest BCUT2D eigenvalue weighted by Gasteiger charge is -2.33. The molecule has 1 fully saturated rings. The molecule has 1 aliphatic rings. The molecule has 1 saturated heterocycles. The fraction of sp³-hybridized carbons (Fsp3) is 0.438. The molecule has 6 nitrogen and oxygen atoms in total. The Morgan fingerprint density at radius 2 is 2.00 bits per heavy atom. The van der Waals surface area contributed by atoms with Crippen molar-refractivity contribution in [3.63, 3.8) is 0 Å². The van der Waals surface area contributed by atoms with Gasteiger partial charge in [0.1, 0.15) is 0 Å². The van der Waals surface area contributed by atoms with Crippen LogP contribution >= 0.6 is 11.6 Å². The Hall–Kier alpha value is -1.92. The van der Waals surface area contributed by atoms with Crippen LogP contribution in [0.25, 0.3) is 11.5 Å². The number of nitrogens with zero attached hydrogens (tertiary/aromatic N) is 4. The summed E-state index contributed by atoms with van der Waals surface area (Å²) in [5.41, 5.74) is 0.678. The highest BCUT2D eigenvalue weighted by Crippen LogP contribution is 2.25. The second-order valence-corrected chi connectivity index (χ2v) is 5.89. The van der Waals surface area contributed by atoms with Crippen molar-refractivity contribution in [2.24, 2.45) is 0 Å². The van der Waals surface area contributed by atoms with Crippen LogP contribution in [0.2, 0.25) is 5.02 Å². The van der Waals surface area contributed by atoms with Crippen LogP contribution in [0.15, 0.2) is 28.8 Å². The van der Waals surface area contributed by atoms with Crippen LogP contribution in [0, 0.1) is 0 Å². The summed E-state index contributed by atoms with van der Waals surface area (Å²) in [5, 5.41) is 4.44. The molecule has 0 spiro atoms. The van der Waals surface area contributed by atoms with Gasteiger partial charge in [-0.2, -0.15) is 4.98 Å². The Kier molecular flexibility index (Phi) is 4.93. The minimum atomic E-state index is 0.0345. The van der Waals surface area contributed by atoms with Gasteiger partial charge in [-0.1, -0.05) is 35.8 Å². The molecule has 0 unspecified atom stereocenters. The predicted octanol–water partition coefficient (Wildman–Crippen LogP) is 2.10. The highest BCUT2D eigenvalue weighted by atomic mass is 35.5. The number of carbonyl (C=O) groups is 1. The van der Waals surface area contributed by atoms with E-state index in [1.54, 1.807) is 6.07 Å². The number of aromatic nitrogens is 2. The fourth-order valence-corrected chi connectivity index (χ4v) is 2.85. The first-order valence-corrected chi connectivity index (χ1v) is 8.12. The van der Waals surface area contributed by atoms with Crippen molar-refractivity contribution in [3.05, 3.63) is 35.1 Å². The third-order valence-corrected chi connectivity index (χ3v) is 4.38. The number of halogens is 1. The first-order valence-electron chi connectivity index (χ1n) is 7.75. The third-order valence-electron chi connectivity index (χ3n) is 4.05. The van der Waals surface area contributed by atoms with E-state index in [4.69, 9.17) is 16.1 Å². The summed E-state index contributed by atoms with van der Waals surface area (Å²) in [4.78, 5) is 20.8. The van der Waals surface area contributed by atoms with Crippen LogP contribution < -0.4 is 0 Å². The molecule has 0 N–H and O–H groups in total. The monoisotopic (exact) mass is 334 g/mol. The number of likely N-dealkylation sites (N-methyl/N-ethyl adjacent to an activating group) is 1. The normalized spacial score (nSPS) is 15.8. The van der Waals surface area contributed by atoms with Gasteiger partial charge in [-0.25, -0.2) is 0 Å². The zero-order valence-corrected chi connectivity index (χ0v) is 13.8.